The summed E-state index contributed by atoms with van der Waals surface area (Å²) in [7, 11) is -1.84. The maximum atomic E-state index is 13.1. The zero-order chi connectivity index (χ0) is 18.9. The normalized spacial score (nSPS) is 23.3. The molecule has 2 amide bonds. The van der Waals surface area contributed by atoms with Gasteiger partial charge in [-0.1, -0.05) is 0 Å². The summed E-state index contributed by atoms with van der Waals surface area (Å²) in [6, 6.07) is 0. The third-order valence-electron chi connectivity index (χ3n) is 5.82. The van der Waals surface area contributed by atoms with Crippen LogP contribution in [0, 0.1) is 0 Å². The fraction of sp³-hybridized carbons (Fsp3) is 0.688. The lowest BCUT2D eigenvalue weighted by Crippen LogP contribution is -2.59. The first-order chi connectivity index (χ1) is 12.1. The van der Waals surface area contributed by atoms with E-state index in [1.807, 2.05) is 0 Å². The van der Waals surface area contributed by atoms with Crippen molar-refractivity contribution in [2.75, 3.05) is 26.3 Å². The molecule has 1 aromatic heterocycles. The number of ether oxygens (including phenoxy) is 1. The van der Waals surface area contributed by atoms with Crippen molar-refractivity contribution in [1.29, 1.82) is 0 Å². The average Bonchev–Trinajstić information content (AvgIpc) is 3.25. The van der Waals surface area contributed by atoms with Crippen molar-refractivity contribution in [3.63, 3.8) is 0 Å². The third-order valence-corrected chi connectivity index (χ3v) is 9.03. The molecule has 0 radical (unpaired) electrons. The highest BCUT2D eigenvalue weighted by Gasteiger charge is 2.64. The minimum atomic E-state index is -3.42. The molecule has 26 heavy (non-hydrogen) atoms. The molecule has 3 aliphatic rings. The zero-order valence-electron chi connectivity index (χ0n) is 14.8. The van der Waals surface area contributed by atoms with Crippen LogP contribution in [0.4, 0.5) is 0 Å². The first-order valence-electron chi connectivity index (χ1n) is 8.59. The van der Waals surface area contributed by atoms with E-state index in [-0.39, 0.29) is 31.4 Å². The Balaban J connectivity index is 1.61. The summed E-state index contributed by atoms with van der Waals surface area (Å²) < 4.78 is 31.0. The first kappa shape index (κ1) is 17.5. The van der Waals surface area contributed by atoms with Gasteiger partial charge in [0.05, 0.1) is 18.0 Å². The summed E-state index contributed by atoms with van der Waals surface area (Å²) in [4.78, 5) is 26.0. The summed E-state index contributed by atoms with van der Waals surface area (Å²) in [6.07, 6.45) is 1.54. The van der Waals surface area contributed by atoms with Crippen molar-refractivity contribution in [2.24, 2.45) is 12.8 Å². The number of carbonyl (C=O) groups excluding carboxylic acids is 2. The number of fused-ring (bicyclic) bond motifs is 1. The number of aryl methyl sites for hydroxylation is 1. The number of nitrogens with zero attached hydrogens (tertiary/aromatic N) is 3. The molecule has 0 atom stereocenters. The molecule has 0 aromatic carbocycles. The third kappa shape index (κ3) is 2.18. The molecule has 2 aliphatic heterocycles. The predicted octanol–water partition coefficient (Wildman–Crippen LogP) is -0.746. The van der Waals surface area contributed by atoms with Gasteiger partial charge in [-0.3, -0.25) is 14.3 Å². The smallest absolute Gasteiger partial charge is 0.272 e. The van der Waals surface area contributed by atoms with Gasteiger partial charge in [-0.05, 0) is 26.2 Å². The maximum absolute atomic E-state index is 13.1. The number of amides is 2. The second-order valence-corrected chi connectivity index (χ2v) is 10.6. The fourth-order valence-electron chi connectivity index (χ4n) is 3.99. The Bertz CT molecular complexity index is 911. The minimum Gasteiger partial charge on any atom is -0.378 e. The van der Waals surface area contributed by atoms with Crippen LogP contribution in [-0.2, 0) is 28.0 Å². The lowest BCUT2D eigenvalue weighted by molar-refractivity contribution is -0.00568. The van der Waals surface area contributed by atoms with Crippen LogP contribution >= 0.6 is 0 Å². The number of primary amides is 1. The van der Waals surface area contributed by atoms with Crippen LogP contribution in [-0.4, -0.2) is 70.7 Å². The van der Waals surface area contributed by atoms with E-state index in [0.29, 0.717) is 37.1 Å². The van der Waals surface area contributed by atoms with Gasteiger partial charge in [0.25, 0.3) is 11.8 Å². The first-order valence-corrected chi connectivity index (χ1v) is 10.1. The lowest BCUT2D eigenvalue weighted by atomic mass is 10.0. The highest BCUT2D eigenvalue weighted by molar-refractivity contribution is 7.94. The minimum absolute atomic E-state index is 0.114. The molecule has 1 saturated heterocycles. The van der Waals surface area contributed by atoms with Crippen LogP contribution < -0.4 is 5.73 Å². The van der Waals surface area contributed by atoms with Gasteiger partial charge in [-0.25, -0.2) is 8.42 Å². The van der Waals surface area contributed by atoms with Gasteiger partial charge in [-0.2, -0.15) is 5.10 Å². The van der Waals surface area contributed by atoms with Crippen molar-refractivity contribution in [3.05, 3.63) is 17.0 Å². The molecule has 10 heteroatoms. The molecular formula is C16H22N4O5S. The number of rotatable bonds is 5. The Morgan fingerprint density at radius 1 is 1.35 bits per heavy atom. The topological polar surface area (TPSA) is 125 Å². The lowest BCUT2D eigenvalue weighted by Gasteiger charge is -2.41. The standard InChI is InChI=1S/C16H22N4O5S/c1-15(8-25-9-15)26(23,24)16(4-5-16)7-20-6-3-10-11(13(17)21)18-19(2)12(10)14(20)22/h3-9H2,1-2H3,(H2,17,21). The van der Waals surface area contributed by atoms with Crippen LogP contribution in [0.3, 0.4) is 0 Å². The Kier molecular flexibility index (Phi) is 3.55. The quantitative estimate of drug-likeness (QED) is 0.715. The Hall–Kier alpha value is -1.94. The summed E-state index contributed by atoms with van der Waals surface area (Å²) in [5, 5.41) is 4.06. The van der Waals surface area contributed by atoms with Gasteiger partial charge in [0.15, 0.2) is 15.5 Å². The van der Waals surface area contributed by atoms with E-state index in [4.69, 9.17) is 10.5 Å². The molecule has 2 N–H and O–H groups in total. The predicted molar refractivity (Wildman–Crippen MR) is 91.4 cm³/mol. The van der Waals surface area contributed by atoms with Gasteiger partial charge >= 0.3 is 0 Å². The van der Waals surface area contributed by atoms with Gasteiger partial charge < -0.3 is 15.4 Å². The molecule has 3 heterocycles. The van der Waals surface area contributed by atoms with Crippen LogP contribution in [0.15, 0.2) is 0 Å². The molecular weight excluding hydrogens is 360 g/mol. The summed E-state index contributed by atoms with van der Waals surface area (Å²) in [6.45, 7) is 2.64. The van der Waals surface area contributed by atoms with E-state index in [2.05, 4.69) is 5.10 Å². The summed E-state index contributed by atoms with van der Waals surface area (Å²) in [5.74, 6) is -0.965. The van der Waals surface area contributed by atoms with Gasteiger partial charge in [-0.15, -0.1) is 0 Å². The fourth-order valence-corrected chi connectivity index (χ4v) is 6.47. The van der Waals surface area contributed by atoms with E-state index in [9.17, 15) is 18.0 Å². The summed E-state index contributed by atoms with van der Waals surface area (Å²) >= 11 is 0. The number of aromatic nitrogens is 2. The van der Waals surface area contributed by atoms with Crippen molar-refractivity contribution in [1.82, 2.24) is 14.7 Å². The molecule has 1 aliphatic carbocycles. The van der Waals surface area contributed by atoms with E-state index in [1.165, 1.54) is 4.68 Å². The van der Waals surface area contributed by atoms with E-state index < -0.39 is 25.2 Å². The summed E-state index contributed by atoms with van der Waals surface area (Å²) in [5.41, 5.74) is 6.32. The van der Waals surface area contributed by atoms with Crippen molar-refractivity contribution in [2.45, 2.75) is 35.7 Å². The monoisotopic (exact) mass is 382 g/mol. The van der Waals surface area contributed by atoms with Gasteiger partial charge in [0.2, 0.25) is 0 Å². The Morgan fingerprint density at radius 2 is 2.00 bits per heavy atom. The molecule has 0 unspecified atom stereocenters. The van der Waals surface area contributed by atoms with Crippen molar-refractivity contribution < 1.29 is 22.7 Å². The number of carbonyl (C=O) groups is 2. The zero-order valence-corrected chi connectivity index (χ0v) is 15.6. The van der Waals surface area contributed by atoms with Gasteiger partial charge in [0.1, 0.15) is 10.4 Å². The molecule has 4 rings (SSSR count). The molecule has 2 fully saturated rings. The largest absolute Gasteiger partial charge is 0.378 e. The highest BCUT2D eigenvalue weighted by atomic mass is 32.2. The number of hydrogen-bond acceptors (Lipinski definition) is 6. The van der Waals surface area contributed by atoms with Crippen molar-refractivity contribution >= 4 is 21.7 Å². The molecule has 0 spiro atoms. The highest BCUT2D eigenvalue weighted by Crippen LogP contribution is 2.50. The van der Waals surface area contributed by atoms with E-state index in [1.54, 1.807) is 18.9 Å². The number of sulfone groups is 1. The van der Waals surface area contributed by atoms with Crippen molar-refractivity contribution in [3.8, 4) is 0 Å². The number of hydrogen-bond donors (Lipinski definition) is 1. The van der Waals surface area contributed by atoms with E-state index >= 15 is 0 Å². The SMILES string of the molecule is Cn1nc(C(N)=O)c2c1C(=O)N(CC1(S(=O)(=O)C3(C)COC3)CC1)CC2. The molecule has 1 saturated carbocycles. The average molecular weight is 382 g/mol. The van der Waals surface area contributed by atoms with Crippen LogP contribution in [0.1, 0.15) is 46.3 Å². The van der Waals surface area contributed by atoms with Gasteiger partial charge in [0, 0.05) is 25.7 Å². The second-order valence-electron chi connectivity index (χ2n) is 7.77. The second kappa shape index (κ2) is 5.29. The van der Waals surface area contributed by atoms with Crippen LogP contribution in [0.2, 0.25) is 0 Å². The maximum Gasteiger partial charge on any atom is 0.272 e. The molecule has 9 nitrogen and oxygen atoms in total. The van der Waals surface area contributed by atoms with Crippen LogP contribution in [0.25, 0.3) is 0 Å². The van der Waals surface area contributed by atoms with Crippen LogP contribution in [0.5, 0.6) is 0 Å². The molecule has 142 valence electrons. The number of nitrogens with two attached hydrogens (primary N) is 1. The Morgan fingerprint density at radius 3 is 2.50 bits per heavy atom. The molecule has 0 bridgehead atoms. The molecule has 1 aromatic rings. The Labute approximate surface area is 151 Å². The van der Waals surface area contributed by atoms with E-state index in [0.717, 1.165) is 0 Å².